The molecule has 1 aromatic heterocycles. The Morgan fingerprint density at radius 2 is 1.06 bits per heavy atom. The summed E-state index contributed by atoms with van der Waals surface area (Å²) in [6, 6.07) is 42.0. The first-order valence-corrected chi connectivity index (χ1v) is 22.3. The van der Waals surface area contributed by atoms with Crippen molar-refractivity contribution >= 4 is 35.4 Å². The molecule has 3 amide bonds. The number of rotatable bonds is 20. The number of hydrogen-bond acceptors (Lipinski definition) is 10. The normalized spacial score (nSPS) is 12.9. The topological polar surface area (TPSA) is 207 Å². The quantitative estimate of drug-likeness (QED) is 0.0324. The summed E-state index contributed by atoms with van der Waals surface area (Å²) in [6.45, 7) is 2.06. The Morgan fingerprint density at radius 3 is 1.51 bits per heavy atom. The highest BCUT2D eigenvalue weighted by molar-refractivity contribution is 6.37. The molecule has 0 aliphatic heterocycles. The minimum Gasteiger partial charge on any atom is -0.481 e. The predicted octanol–water partition coefficient (Wildman–Crippen LogP) is 8.61. The number of alkyl halides is 6. The molecule has 0 aliphatic carbocycles. The van der Waals surface area contributed by atoms with Crippen LogP contribution >= 0.6 is 0 Å². The first kappa shape index (κ1) is 54.8. The lowest BCUT2D eigenvalue weighted by Crippen LogP contribution is -2.47. The maximum Gasteiger partial charge on any atom is 0.471 e. The van der Waals surface area contributed by atoms with Crippen LogP contribution in [0.1, 0.15) is 60.0 Å². The number of carbonyl (C=O) groups is 6. The lowest BCUT2D eigenvalue weighted by atomic mass is 9.94. The SMILES string of the molecule is C[C@H](C[C@@H](Cc1ccc(-c2ccccc2)cc1)NC(=O)C(=O)CNC(=O)C(F)(F)F)C(=O)OCc1ccccc1.C[C@H](C[C@@H](Cc1ccc(-c2ccccc2)cc1)NC(=O)c1nnc(C(F)(F)F)o1)C(=O)O. The van der Waals surface area contributed by atoms with Gasteiger partial charge in [-0.05, 0) is 64.6 Å². The lowest BCUT2D eigenvalue weighted by molar-refractivity contribution is -0.173. The molecule has 6 rings (SSSR count). The molecule has 0 saturated heterocycles. The summed E-state index contributed by atoms with van der Waals surface area (Å²) in [7, 11) is 0. The number of amides is 3. The Morgan fingerprint density at radius 1 is 0.597 bits per heavy atom. The molecular formula is C52H49F6N5O9. The van der Waals surface area contributed by atoms with E-state index in [0.29, 0.717) is 0 Å². The first-order chi connectivity index (χ1) is 34.2. The molecule has 4 N–H and O–H groups in total. The summed E-state index contributed by atoms with van der Waals surface area (Å²) in [5, 5.41) is 21.6. The standard InChI is InChI=1S/C30H29F3N2O5.C22H20F3N3O4/c1-20(28(38)40-19-22-8-4-2-5-9-22)16-25(35-27(37)26(36)18-34-29(39)30(31,32)33)17-21-12-14-24(15-13-21)23-10-6-3-7-11-23;1-13(20(30)31)11-17(26-18(29)19-27-28-21(32-19)22(23,24)25)12-14-7-9-16(10-8-14)15-5-3-2-4-6-15/h2-15,20,25H,16-19H2,1H3,(H,34,39)(H,35,37);2-10,13,17H,11-12H2,1H3,(H,26,29)(H,30,31)/t20-,25+;13-,17+/m11/s1. The van der Waals surface area contributed by atoms with Gasteiger partial charge in [-0.3, -0.25) is 28.8 Å². The fourth-order valence-corrected chi connectivity index (χ4v) is 7.09. The number of hydrogen-bond donors (Lipinski definition) is 4. The van der Waals surface area contributed by atoms with Gasteiger partial charge in [-0.2, -0.15) is 26.3 Å². The second-order valence-electron chi connectivity index (χ2n) is 16.6. The molecule has 0 bridgehead atoms. The van der Waals surface area contributed by atoms with Crippen molar-refractivity contribution in [1.29, 1.82) is 0 Å². The van der Waals surface area contributed by atoms with Gasteiger partial charge in [0.25, 0.3) is 5.91 Å². The van der Waals surface area contributed by atoms with Gasteiger partial charge in [0.1, 0.15) is 6.61 Å². The van der Waals surface area contributed by atoms with Gasteiger partial charge in [-0.15, -0.1) is 10.2 Å². The fraction of sp³-hybridized carbons (Fsp3) is 0.269. The number of ketones is 1. The number of aliphatic carboxylic acids is 1. The molecule has 0 saturated carbocycles. The molecule has 0 fully saturated rings. The lowest BCUT2D eigenvalue weighted by Gasteiger charge is -2.22. The molecule has 0 aliphatic rings. The van der Waals surface area contributed by atoms with Gasteiger partial charge in [0, 0.05) is 12.1 Å². The van der Waals surface area contributed by atoms with Crippen molar-refractivity contribution in [2.45, 2.75) is 70.6 Å². The van der Waals surface area contributed by atoms with E-state index in [2.05, 4.69) is 25.2 Å². The molecule has 72 heavy (non-hydrogen) atoms. The molecular weight excluding hydrogens is 953 g/mol. The van der Waals surface area contributed by atoms with Crippen molar-refractivity contribution in [3.8, 4) is 22.3 Å². The molecule has 20 heteroatoms. The van der Waals surface area contributed by atoms with Crippen LogP contribution in [-0.4, -0.2) is 75.6 Å². The number of halogens is 6. The van der Waals surface area contributed by atoms with Crippen molar-refractivity contribution in [2.75, 3.05) is 6.54 Å². The number of nitrogens with one attached hydrogen (secondary N) is 3. The number of benzene rings is 5. The van der Waals surface area contributed by atoms with Gasteiger partial charge in [0.15, 0.2) is 0 Å². The van der Waals surface area contributed by atoms with Crippen LogP contribution in [0.2, 0.25) is 0 Å². The summed E-state index contributed by atoms with van der Waals surface area (Å²) in [5.41, 5.74) is 6.41. The minimum atomic E-state index is -5.18. The van der Waals surface area contributed by atoms with Gasteiger partial charge >= 0.3 is 47.9 Å². The van der Waals surface area contributed by atoms with E-state index < -0.39 is 90.0 Å². The fourth-order valence-electron chi connectivity index (χ4n) is 7.09. The summed E-state index contributed by atoms with van der Waals surface area (Å²) in [5.74, 6) is -11.2. The highest BCUT2D eigenvalue weighted by atomic mass is 19.4. The van der Waals surface area contributed by atoms with Crippen LogP contribution in [0, 0.1) is 11.8 Å². The highest BCUT2D eigenvalue weighted by Gasteiger charge is 2.40. The van der Waals surface area contributed by atoms with Crippen LogP contribution in [0.3, 0.4) is 0 Å². The Balaban J connectivity index is 0.000000274. The van der Waals surface area contributed by atoms with E-state index in [-0.39, 0.29) is 32.3 Å². The van der Waals surface area contributed by atoms with Crippen molar-refractivity contribution < 1.29 is 69.4 Å². The van der Waals surface area contributed by atoms with Gasteiger partial charge < -0.3 is 30.2 Å². The van der Waals surface area contributed by atoms with E-state index in [1.807, 2.05) is 140 Å². The molecule has 6 aromatic rings. The average Bonchev–Trinajstić information content (AvgIpc) is 3.88. The number of nitrogens with zero attached hydrogens (tertiary/aromatic N) is 2. The third kappa shape index (κ3) is 17.4. The summed E-state index contributed by atoms with van der Waals surface area (Å²) < 4.78 is 84.9. The molecule has 0 unspecified atom stereocenters. The Hall–Kier alpha value is -8.16. The predicted molar refractivity (Wildman–Crippen MR) is 249 cm³/mol. The number of carboxylic acid groups (broad SMARTS) is 1. The third-order valence-electron chi connectivity index (χ3n) is 10.9. The van der Waals surface area contributed by atoms with E-state index in [9.17, 15) is 60.2 Å². The van der Waals surface area contributed by atoms with Crippen LogP contribution < -0.4 is 16.0 Å². The number of esters is 1. The highest BCUT2D eigenvalue weighted by Crippen LogP contribution is 2.28. The number of aromatic nitrogens is 2. The molecule has 1 heterocycles. The largest absolute Gasteiger partial charge is 0.481 e. The summed E-state index contributed by atoms with van der Waals surface area (Å²) >= 11 is 0. The van der Waals surface area contributed by atoms with Crippen molar-refractivity contribution in [2.24, 2.45) is 11.8 Å². The van der Waals surface area contributed by atoms with E-state index >= 15 is 0 Å². The Kier molecular flexibility index (Phi) is 19.5. The van der Waals surface area contributed by atoms with E-state index in [1.54, 1.807) is 6.92 Å². The molecule has 0 radical (unpaired) electrons. The monoisotopic (exact) mass is 1000 g/mol. The van der Waals surface area contributed by atoms with Crippen LogP contribution in [-0.2, 0) is 54.3 Å². The van der Waals surface area contributed by atoms with E-state index in [4.69, 9.17) is 4.74 Å². The molecule has 14 nitrogen and oxygen atoms in total. The van der Waals surface area contributed by atoms with Crippen LogP contribution in [0.25, 0.3) is 22.3 Å². The number of ether oxygens (including phenoxy) is 1. The smallest absolute Gasteiger partial charge is 0.471 e. The van der Waals surface area contributed by atoms with Crippen molar-refractivity contribution in [3.05, 3.63) is 168 Å². The molecule has 5 aromatic carbocycles. The summed E-state index contributed by atoms with van der Waals surface area (Å²) in [4.78, 5) is 71.9. The van der Waals surface area contributed by atoms with Crippen LogP contribution in [0.4, 0.5) is 26.3 Å². The second kappa shape index (κ2) is 25.6. The first-order valence-electron chi connectivity index (χ1n) is 22.3. The molecule has 378 valence electrons. The number of carbonyl (C=O) groups excluding carboxylic acids is 5. The van der Waals surface area contributed by atoms with Gasteiger partial charge in [-0.1, -0.05) is 153 Å². The van der Waals surface area contributed by atoms with Crippen molar-refractivity contribution in [1.82, 2.24) is 26.1 Å². The Labute approximate surface area is 409 Å². The number of carboxylic acids is 1. The van der Waals surface area contributed by atoms with E-state index in [1.165, 1.54) is 12.2 Å². The average molecular weight is 1000 g/mol. The number of Topliss-reactive ketones (excluding diaryl/α,β-unsaturated/α-hetero) is 1. The summed E-state index contributed by atoms with van der Waals surface area (Å²) in [6.07, 6.45) is -9.40. The van der Waals surface area contributed by atoms with E-state index in [0.717, 1.165) is 38.9 Å². The zero-order valence-corrected chi connectivity index (χ0v) is 38.7. The van der Waals surface area contributed by atoms with Gasteiger partial charge in [0.2, 0.25) is 5.78 Å². The van der Waals surface area contributed by atoms with Crippen LogP contribution in [0.5, 0.6) is 0 Å². The van der Waals surface area contributed by atoms with Gasteiger partial charge in [-0.25, -0.2) is 0 Å². The molecule has 4 atom stereocenters. The zero-order valence-electron chi connectivity index (χ0n) is 38.7. The Bertz CT molecular complexity index is 2740. The zero-order chi connectivity index (χ0) is 52.4. The molecule has 0 spiro atoms. The minimum absolute atomic E-state index is 0.0573. The van der Waals surface area contributed by atoms with Crippen molar-refractivity contribution in [3.63, 3.8) is 0 Å². The van der Waals surface area contributed by atoms with Crippen LogP contribution in [0.15, 0.2) is 144 Å². The maximum absolute atomic E-state index is 12.6. The third-order valence-corrected chi connectivity index (χ3v) is 10.9. The maximum atomic E-state index is 12.6. The van der Waals surface area contributed by atoms with Gasteiger partial charge in [0.05, 0.1) is 18.4 Å². The second-order valence-corrected chi connectivity index (χ2v) is 16.6.